The molecule has 0 fully saturated rings. The zero-order valence-electron chi connectivity index (χ0n) is 13.1. The van der Waals surface area contributed by atoms with E-state index in [1.165, 1.54) is 0 Å². The number of hydrogen-bond acceptors (Lipinski definition) is 5. The Morgan fingerprint density at radius 3 is 2.11 bits per heavy atom. The first-order valence-electron chi connectivity index (χ1n) is 6.77. The number of halogens is 6. The summed E-state index contributed by atoms with van der Waals surface area (Å²) >= 11 is 8.83. The molecule has 0 aromatic heterocycles. The first-order valence-corrected chi connectivity index (χ1v) is 7.94. The van der Waals surface area contributed by atoms with Crippen LogP contribution in [-0.4, -0.2) is 16.9 Å². The fourth-order valence-electron chi connectivity index (χ4n) is 2.38. The van der Waals surface area contributed by atoms with Crippen molar-refractivity contribution in [2.24, 2.45) is 0 Å². The van der Waals surface area contributed by atoms with Gasteiger partial charge >= 0.3 is 6.18 Å². The average molecular weight is 473 g/mol. The lowest BCUT2D eigenvalue weighted by Gasteiger charge is -2.25. The Bertz CT molecular complexity index is 932. The second kappa shape index (κ2) is 7.27. The molecule has 0 unspecified atom stereocenters. The maximum absolute atomic E-state index is 13.5. The Morgan fingerprint density at radius 1 is 1.07 bits per heavy atom. The van der Waals surface area contributed by atoms with Gasteiger partial charge in [-0.1, -0.05) is 11.6 Å². The summed E-state index contributed by atoms with van der Waals surface area (Å²) in [6.07, 6.45) is -5.15. The van der Waals surface area contributed by atoms with Crippen molar-refractivity contribution in [3.63, 3.8) is 0 Å². The zero-order valence-corrected chi connectivity index (χ0v) is 15.4. The van der Waals surface area contributed by atoms with Gasteiger partial charge in [-0.05, 0) is 28.1 Å². The first kappa shape index (κ1) is 20.8. The molecule has 27 heavy (non-hydrogen) atoms. The minimum Gasteiger partial charge on any atom is -0.336 e. The lowest BCUT2D eigenvalue weighted by Crippen LogP contribution is -2.19. The van der Waals surface area contributed by atoms with Crippen molar-refractivity contribution in [2.45, 2.75) is 6.18 Å². The molecule has 2 aromatic rings. The van der Waals surface area contributed by atoms with E-state index in [0.29, 0.717) is 6.07 Å². The van der Waals surface area contributed by atoms with E-state index in [1.807, 2.05) is 0 Å². The van der Waals surface area contributed by atoms with Crippen LogP contribution in [0.3, 0.4) is 0 Å². The molecule has 0 N–H and O–H groups in total. The fourth-order valence-corrected chi connectivity index (χ4v) is 3.53. The zero-order chi connectivity index (χ0) is 20.7. The van der Waals surface area contributed by atoms with Crippen LogP contribution in [0.4, 0.5) is 40.3 Å². The maximum Gasteiger partial charge on any atom is 0.418 e. The highest BCUT2D eigenvalue weighted by Gasteiger charge is 2.41. The lowest BCUT2D eigenvalue weighted by molar-refractivity contribution is -0.394. The second-order valence-electron chi connectivity index (χ2n) is 5.15. The number of nitro groups is 2. The maximum atomic E-state index is 13.5. The molecule has 144 valence electrons. The van der Waals surface area contributed by atoms with E-state index in [4.69, 9.17) is 11.6 Å². The number of benzene rings is 2. The number of hydrogen-bond donors (Lipinski definition) is 0. The Kier molecular flexibility index (Phi) is 5.61. The summed E-state index contributed by atoms with van der Waals surface area (Å²) in [6, 6.07) is 2.31. The van der Waals surface area contributed by atoms with E-state index >= 15 is 0 Å². The number of rotatable bonds is 4. The molecule has 13 heteroatoms. The van der Waals surface area contributed by atoms with Crippen LogP contribution in [0.15, 0.2) is 28.7 Å². The molecular formula is C14H7BrClF4N3O4. The van der Waals surface area contributed by atoms with Gasteiger partial charge in [0.25, 0.3) is 11.4 Å². The molecule has 0 spiro atoms. The smallest absolute Gasteiger partial charge is 0.336 e. The van der Waals surface area contributed by atoms with Gasteiger partial charge in [-0.15, -0.1) is 0 Å². The normalized spacial score (nSPS) is 11.4. The molecule has 0 saturated heterocycles. The van der Waals surface area contributed by atoms with Gasteiger partial charge in [-0.3, -0.25) is 20.2 Å². The van der Waals surface area contributed by atoms with Gasteiger partial charge in [-0.25, -0.2) is 4.39 Å². The van der Waals surface area contributed by atoms with Crippen LogP contribution < -0.4 is 4.90 Å². The minimum atomic E-state index is -5.15. The van der Waals surface area contributed by atoms with Gasteiger partial charge in [0, 0.05) is 17.6 Å². The number of nitrogens with zero attached hydrogens (tertiary/aromatic N) is 3. The Balaban J connectivity index is 2.90. The van der Waals surface area contributed by atoms with Crippen LogP contribution in [0.5, 0.6) is 0 Å². The standard InChI is InChI=1S/C14H7BrClF4N3O4/c1-21(13-9(15)2-6(17)3-10(13)16)12-8(14(18,19)20)4-7(22(24)25)5-11(12)23(26)27/h2-5H,1H3. The summed E-state index contributed by atoms with van der Waals surface area (Å²) in [7, 11) is 1.04. The van der Waals surface area contributed by atoms with Gasteiger partial charge < -0.3 is 4.90 Å². The predicted octanol–water partition coefficient (Wildman–Crippen LogP) is 5.84. The van der Waals surface area contributed by atoms with Crippen molar-refractivity contribution in [1.82, 2.24) is 0 Å². The second-order valence-corrected chi connectivity index (χ2v) is 6.41. The molecule has 2 aromatic carbocycles. The third-order valence-electron chi connectivity index (χ3n) is 3.44. The number of nitro benzene ring substituents is 2. The minimum absolute atomic E-state index is 0.0734. The summed E-state index contributed by atoms with van der Waals surface area (Å²) < 4.78 is 53.8. The molecule has 0 radical (unpaired) electrons. The van der Waals surface area contributed by atoms with Crippen molar-refractivity contribution >= 4 is 50.3 Å². The van der Waals surface area contributed by atoms with Gasteiger partial charge in [0.1, 0.15) is 11.5 Å². The third-order valence-corrected chi connectivity index (χ3v) is 4.33. The molecule has 0 atom stereocenters. The van der Waals surface area contributed by atoms with E-state index < -0.39 is 44.5 Å². The fraction of sp³-hybridized carbons (Fsp3) is 0.143. The Labute approximate surface area is 161 Å². The summed E-state index contributed by atoms with van der Waals surface area (Å²) in [4.78, 5) is 20.6. The van der Waals surface area contributed by atoms with Gasteiger partial charge in [0.05, 0.1) is 32.2 Å². The van der Waals surface area contributed by atoms with E-state index in [-0.39, 0.29) is 21.2 Å². The molecule has 0 aliphatic heterocycles. The number of non-ortho nitro benzene ring substituents is 1. The van der Waals surface area contributed by atoms with Crippen LogP contribution >= 0.6 is 27.5 Å². The topological polar surface area (TPSA) is 89.5 Å². The monoisotopic (exact) mass is 471 g/mol. The molecule has 0 amide bonds. The average Bonchev–Trinajstić information content (AvgIpc) is 2.51. The molecule has 0 bridgehead atoms. The van der Waals surface area contributed by atoms with Crippen molar-refractivity contribution in [1.29, 1.82) is 0 Å². The highest BCUT2D eigenvalue weighted by Crippen LogP contribution is 2.48. The van der Waals surface area contributed by atoms with Crippen molar-refractivity contribution in [3.05, 3.63) is 65.4 Å². The summed E-state index contributed by atoms with van der Waals surface area (Å²) in [5.74, 6) is -0.793. The molecule has 0 heterocycles. The van der Waals surface area contributed by atoms with Crippen LogP contribution in [0, 0.1) is 26.0 Å². The Morgan fingerprint density at radius 2 is 1.67 bits per heavy atom. The SMILES string of the molecule is CN(c1c(Cl)cc(F)cc1Br)c1c([N+](=O)[O-])cc([N+](=O)[O-])cc1C(F)(F)F. The quantitative estimate of drug-likeness (QED) is 0.317. The van der Waals surface area contributed by atoms with Crippen molar-refractivity contribution < 1.29 is 27.4 Å². The summed E-state index contributed by atoms with van der Waals surface area (Å²) in [6.45, 7) is 0. The Hall–Kier alpha value is -2.47. The van der Waals surface area contributed by atoms with E-state index in [9.17, 15) is 37.8 Å². The van der Waals surface area contributed by atoms with Gasteiger partial charge in [-0.2, -0.15) is 13.2 Å². The van der Waals surface area contributed by atoms with Crippen molar-refractivity contribution in [2.75, 3.05) is 11.9 Å². The van der Waals surface area contributed by atoms with Gasteiger partial charge in [0.15, 0.2) is 0 Å². The largest absolute Gasteiger partial charge is 0.418 e. The van der Waals surface area contributed by atoms with E-state index in [0.717, 1.165) is 24.1 Å². The predicted molar refractivity (Wildman–Crippen MR) is 91.9 cm³/mol. The number of anilines is 2. The van der Waals surface area contributed by atoms with Crippen LogP contribution in [-0.2, 0) is 6.18 Å². The molecule has 0 saturated carbocycles. The molecular weight excluding hydrogens is 466 g/mol. The summed E-state index contributed by atoms with van der Waals surface area (Å²) in [5, 5.41) is 21.9. The highest BCUT2D eigenvalue weighted by atomic mass is 79.9. The third kappa shape index (κ3) is 4.11. The molecule has 0 aliphatic rings. The van der Waals surface area contributed by atoms with Crippen LogP contribution in [0.25, 0.3) is 0 Å². The van der Waals surface area contributed by atoms with E-state index in [2.05, 4.69) is 15.9 Å². The highest BCUT2D eigenvalue weighted by molar-refractivity contribution is 9.10. The van der Waals surface area contributed by atoms with Crippen LogP contribution in [0.1, 0.15) is 5.56 Å². The van der Waals surface area contributed by atoms with Crippen molar-refractivity contribution in [3.8, 4) is 0 Å². The lowest BCUT2D eigenvalue weighted by atomic mass is 10.1. The first-order chi connectivity index (χ1) is 12.3. The van der Waals surface area contributed by atoms with Gasteiger partial charge in [0.2, 0.25) is 0 Å². The summed E-state index contributed by atoms with van der Waals surface area (Å²) in [5.41, 5.74) is -5.05. The van der Waals surface area contributed by atoms with Crippen LogP contribution in [0.2, 0.25) is 5.02 Å². The molecule has 0 aliphatic carbocycles. The van der Waals surface area contributed by atoms with E-state index in [1.54, 1.807) is 0 Å². The molecule has 2 rings (SSSR count). The number of alkyl halides is 3. The molecule has 7 nitrogen and oxygen atoms in total.